The molecule has 0 amide bonds. The molecule has 32 heavy (non-hydrogen) atoms. The number of para-hydroxylation sites is 1. The lowest BCUT2D eigenvalue weighted by molar-refractivity contribution is 0.383. The number of anilines is 1. The van der Waals surface area contributed by atoms with E-state index in [2.05, 4.69) is 31.9 Å². The molecule has 1 aliphatic rings. The zero-order valence-corrected chi connectivity index (χ0v) is 19.0. The number of rotatable bonds is 5. The molecule has 0 aliphatic carbocycles. The van der Waals surface area contributed by atoms with Crippen LogP contribution in [0.15, 0.2) is 47.8 Å². The van der Waals surface area contributed by atoms with E-state index in [1.54, 1.807) is 27.2 Å². The average Bonchev–Trinajstić information content (AvgIpc) is 3.27. The normalized spacial score (nSPS) is 15.6. The first-order chi connectivity index (χ1) is 15.5. The maximum atomic E-state index is 13.5. The van der Waals surface area contributed by atoms with Gasteiger partial charge in [-0.3, -0.25) is 4.98 Å². The van der Waals surface area contributed by atoms with E-state index < -0.39 is 10.0 Å². The van der Waals surface area contributed by atoms with E-state index in [1.165, 1.54) is 6.33 Å². The maximum absolute atomic E-state index is 13.5. The fraction of sp³-hybridized carbons (Fsp3) is 0.364. The predicted octanol–water partition coefficient (Wildman–Crippen LogP) is 2.44. The lowest BCUT2D eigenvalue weighted by Gasteiger charge is -2.35. The van der Waals surface area contributed by atoms with Gasteiger partial charge in [0.2, 0.25) is 10.0 Å². The van der Waals surface area contributed by atoms with Crippen molar-refractivity contribution in [2.75, 3.05) is 31.1 Å². The minimum absolute atomic E-state index is 0.260. The van der Waals surface area contributed by atoms with E-state index in [0.29, 0.717) is 37.5 Å². The zero-order chi connectivity index (χ0) is 22.3. The molecule has 0 N–H and O–H groups in total. The van der Waals surface area contributed by atoms with Crippen LogP contribution in [0.5, 0.6) is 0 Å². The van der Waals surface area contributed by atoms with Gasteiger partial charge in [0.15, 0.2) is 0 Å². The molecular formula is C22H25N7O2S. The summed E-state index contributed by atoms with van der Waals surface area (Å²) in [6.07, 6.45) is 5.05. The average molecular weight is 452 g/mol. The van der Waals surface area contributed by atoms with Crippen molar-refractivity contribution < 1.29 is 8.42 Å². The van der Waals surface area contributed by atoms with Crippen molar-refractivity contribution in [3.8, 4) is 0 Å². The number of aryl methyl sites for hydroxylation is 2. The Kier molecular flexibility index (Phi) is 5.26. The van der Waals surface area contributed by atoms with Crippen LogP contribution >= 0.6 is 0 Å². The zero-order valence-electron chi connectivity index (χ0n) is 18.1. The Morgan fingerprint density at radius 3 is 2.66 bits per heavy atom. The van der Waals surface area contributed by atoms with E-state index >= 15 is 0 Å². The number of hydrogen-bond acceptors (Lipinski definition) is 7. The van der Waals surface area contributed by atoms with Crippen molar-refractivity contribution in [3.63, 3.8) is 0 Å². The third-order valence-corrected chi connectivity index (χ3v) is 7.71. The van der Waals surface area contributed by atoms with Gasteiger partial charge in [0.25, 0.3) is 5.78 Å². The van der Waals surface area contributed by atoms with Crippen molar-refractivity contribution in [2.45, 2.75) is 31.6 Å². The number of pyridine rings is 1. The van der Waals surface area contributed by atoms with Crippen LogP contribution in [0.1, 0.15) is 24.6 Å². The Labute approximate surface area is 186 Å². The summed E-state index contributed by atoms with van der Waals surface area (Å²) in [4.78, 5) is 15.6. The van der Waals surface area contributed by atoms with Crippen molar-refractivity contribution >= 4 is 32.5 Å². The second-order valence-corrected chi connectivity index (χ2v) is 9.97. The molecular weight excluding hydrogens is 426 g/mol. The summed E-state index contributed by atoms with van der Waals surface area (Å²) >= 11 is 0. The highest BCUT2D eigenvalue weighted by molar-refractivity contribution is 7.89. The van der Waals surface area contributed by atoms with E-state index in [0.717, 1.165) is 35.3 Å². The molecule has 0 spiro atoms. The molecule has 0 atom stereocenters. The molecule has 0 bridgehead atoms. The highest BCUT2D eigenvalue weighted by Gasteiger charge is 2.31. The quantitative estimate of drug-likeness (QED) is 0.460. The SMILES string of the molecule is CCCc1cc(N2CCN(S(=O)(=O)c3cccc4cc(C)cnc34)CC2)n2ncnc2n1. The number of piperazine rings is 1. The van der Waals surface area contributed by atoms with Gasteiger partial charge in [-0.25, -0.2) is 13.4 Å². The van der Waals surface area contributed by atoms with E-state index in [4.69, 9.17) is 0 Å². The summed E-state index contributed by atoms with van der Waals surface area (Å²) in [5, 5.41) is 5.14. The highest BCUT2D eigenvalue weighted by atomic mass is 32.2. The molecule has 5 rings (SSSR count). The molecule has 1 aliphatic heterocycles. The van der Waals surface area contributed by atoms with Crippen LogP contribution in [0.25, 0.3) is 16.7 Å². The molecule has 10 heteroatoms. The molecule has 1 aromatic carbocycles. The smallest absolute Gasteiger partial charge is 0.254 e. The number of sulfonamides is 1. The fourth-order valence-electron chi connectivity index (χ4n) is 4.20. The van der Waals surface area contributed by atoms with Crippen molar-refractivity contribution in [1.29, 1.82) is 0 Å². The molecule has 4 aromatic rings. The van der Waals surface area contributed by atoms with E-state index in [1.807, 2.05) is 25.1 Å². The molecule has 1 fully saturated rings. The van der Waals surface area contributed by atoms with Gasteiger partial charge < -0.3 is 4.90 Å². The van der Waals surface area contributed by atoms with Gasteiger partial charge in [0.1, 0.15) is 17.0 Å². The summed E-state index contributed by atoms with van der Waals surface area (Å²) in [5.74, 6) is 1.47. The molecule has 3 aromatic heterocycles. The predicted molar refractivity (Wildman–Crippen MR) is 122 cm³/mol. The summed E-state index contributed by atoms with van der Waals surface area (Å²) in [6.45, 7) is 5.94. The highest BCUT2D eigenvalue weighted by Crippen LogP contribution is 2.27. The van der Waals surface area contributed by atoms with Crippen LogP contribution in [-0.2, 0) is 16.4 Å². The van der Waals surface area contributed by atoms with Crippen LogP contribution in [0.4, 0.5) is 5.82 Å². The maximum Gasteiger partial charge on any atom is 0.254 e. The summed E-state index contributed by atoms with van der Waals surface area (Å²) in [7, 11) is -3.66. The second kappa shape index (κ2) is 8.10. The van der Waals surface area contributed by atoms with Gasteiger partial charge in [0, 0.05) is 49.5 Å². The standard InChI is InChI=1S/C22H25N7O2S/c1-3-5-18-13-20(29-22(26-18)24-15-25-29)27-8-10-28(11-9-27)32(30,31)19-7-4-6-17-12-16(2)14-23-21(17)19/h4,6-7,12-15H,3,5,8-11H2,1-2H3. The summed E-state index contributed by atoms with van der Waals surface area (Å²) in [6, 6.07) is 9.31. The monoisotopic (exact) mass is 451 g/mol. The minimum atomic E-state index is -3.66. The molecule has 0 unspecified atom stereocenters. The molecule has 1 saturated heterocycles. The minimum Gasteiger partial charge on any atom is -0.354 e. The van der Waals surface area contributed by atoms with Gasteiger partial charge in [0.05, 0.1) is 5.52 Å². The van der Waals surface area contributed by atoms with Crippen LogP contribution in [-0.4, -0.2) is 63.5 Å². The summed E-state index contributed by atoms with van der Waals surface area (Å²) in [5.41, 5.74) is 2.48. The van der Waals surface area contributed by atoms with Crippen LogP contribution < -0.4 is 4.90 Å². The van der Waals surface area contributed by atoms with Gasteiger partial charge in [-0.15, -0.1) is 0 Å². The third kappa shape index (κ3) is 3.59. The van der Waals surface area contributed by atoms with E-state index in [9.17, 15) is 8.42 Å². The number of nitrogens with zero attached hydrogens (tertiary/aromatic N) is 7. The molecule has 0 radical (unpaired) electrons. The number of fused-ring (bicyclic) bond motifs is 2. The first-order valence-corrected chi connectivity index (χ1v) is 12.2. The van der Waals surface area contributed by atoms with Crippen molar-refractivity contribution in [2.24, 2.45) is 0 Å². The third-order valence-electron chi connectivity index (χ3n) is 5.78. The largest absolute Gasteiger partial charge is 0.354 e. The van der Waals surface area contributed by atoms with Crippen molar-refractivity contribution in [1.82, 2.24) is 28.9 Å². The topological polar surface area (TPSA) is 96.6 Å². The van der Waals surface area contributed by atoms with Gasteiger partial charge in [-0.2, -0.15) is 18.9 Å². The number of benzene rings is 1. The molecule has 9 nitrogen and oxygen atoms in total. The number of aromatic nitrogens is 5. The van der Waals surface area contributed by atoms with Crippen LogP contribution in [0.3, 0.4) is 0 Å². The Morgan fingerprint density at radius 2 is 1.88 bits per heavy atom. The Bertz CT molecular complexity index is 1390. The van der Waals surface area contributed by atoms with Gasteiger partial charge in [-0.05, 0) is 31.0 Å². The summed E-state index contributed by atoms with van der Waals surface area (Å²) < 4.78 is 30.2. The Hall–Kier alpha value is -3.11. The number of hydrogen-bond donors (Lipinski definition) is 0. The molecule has 166 valence electrons. The van der Waals surface area contributed by atoms with Crippen molar-refractivity contribution in [3.05, 3.63) is 54.1 Å². The van der Waals surface area contributed by atoms with Gasteiger partial charge >= 0.3 is 0 Å². The molecule has 4 heterocycles. The fourth-order valence-corrected chi connectivity index (χ4v) is 5.79. The lowest BCUT2D eigenvalue weighted by atomic mass is 10.2. The molecule has 0 saturated carbocycles. The van der Waals surface area contributed by atoms with Crippen LogP contribution in [0.2, 0.25) is 0 Å². The van der Waals surface area contributed by atoms with Gasteiger partial charge in [-0.1, -0.05) is 25.5 Å². The second-order valence-electron chi connectivity index (χ2n) is 8.06. The Morgan fingerprint density at radius 1 is 1.06 bits per heavy atom. The first-order valence-electron chi connectivity index (χ1n) is 10.8. The Balaban J connectivity index is 1.42. The lowest BCUT2D eigenvalue weighted by Crippen LogP contribution is -2.49. The van der Waals surface area contributed by atoms with E-state index in [-0.39, 0.29) is 4.90 Å². The van der Waals surface area contributed by atoms with Crippen LogP contribution in [0, 0.1) is 6.92 Å². The first kappa shape index (κ1) is 20.8.